The van der Waals surface area contributed by atoms with Gasteiger partial charge in [-0.2, -0.15) is 0 Å². The van der Waals surface area contributed by atoms with Crippen LogP contribution in [0.1, 0.15) is 36.8 Å². The van der Waals surface area contributed by atoms with Gasteiger partial charge in [-0.1, -0.05) is 74.9 Å². The van der Waals surface area contributed by atoms with Gasteiger partial charge in [-0.25, -0.2) is 4.98 Å². The summed E-state index contributed by atoms with van der Waals surface area (Å²) >= 11 is 1.77. The standard InChI is InChI=1S/C21H23NS/c1-14-6-8-17(9-7-14)20-22-19(15(2)23-20)16-10-12-18(13-11-16)21(3,4)5/h6-13H,1-5H3. The molecule has 3 rings (SSSR count). The van der Waals surface area contributed by atoms with Gasteiger partial charge in [0.05, 0.1) is 5.69 Å². The van der Waals surface area contributed by atoms with Gasteiger partial charge in [-0.3, -0.25) is 0 Å². The number of aromatic nitrogens is 1. The number of hydrogen-bond acceptors (Lipinski definition) is 2. The third kappa shape index (κ3) is 3.37. The highest BCUT2D eigenvalue weighted by Crippen LogP contribution is 2.34. The van der Waals surface area contributed by atoms with Crippen molar-refractivity contribution in [1.29, 1.82) is 0 Å². The third-order valence-electron chi connectivity index (χ3n) is 4.12. The monoisotopic (exact) mass is 321 g/mol. The van der Waals surface area contributed by atoms with Crippen LogP contribution in [0.4, 0.5) is 0 Å². The van der Waals surface area contributed by atoms with E-state index in [9.17, 15) is 0 Å². The zero-order valence-electron chi connectivity index (χ0n) is 14.5. The summed E-state index contributed by atoms with van der Waals surface area (Å²) in [6.07, 6.45) is 0. The Morgan fingerprint density at radius 1 is 0.783 bits per heavy atom. The lowest BCUT2D eigenvalue weighted by Gasteiger charge is -2.19. The molecular formula is C21H23NS. The van der Waals surface area contributed by atoms with Crippen LogP contribution < -0.4 is 0 Å². The summed E-state index contributed by atoms with van der Waals surface area (Å²) in [6.45, 7) is 11.0. The number of rotatable bonds is 2. The summed E-state index contributed by atoms with van der Waals surface area (Å²) in [7, 11) is 0. The van der Waals surface area contributed by atoms with Crippen LogP contribution in [0.2, 0.25) is 0 Å². The summed E-state index contributed by atoms with van der Waals surface area (Å²) < 4.78 is 0. The molecule has 0 aliphatic heterocycles. The maximum Gasteiger partial charge on any atom is 0.124 e. The minimum atomic E-state index is 0.183. The molecule has 0 aliphatic rings. The summed E-state index contributed by atoms with van der Waals surface area (Å²) in [5, 5.41) is 1.09. The molecule has 0 bridgehead atoms. The summed E-state index contributed by atoms with van der Waals surface area (Å²) in [5.41, 5.74) is 6.31. The van der Waals surface area contributed by atoms with E-state index in [2.05, 4.69) is 83.1 Å². The number of benzene rings is 2. The molecule has 1 heterocycles. The minimum absolute atomic E-state index is 0.183. The second-order valence-corrected chi connectivity index (χ2v) is 8.32. The van der Waals surface area contributed by atoms with Gasteiger partial charge in [-0.15, -0.1) is 11.3 Å². The second-order valence-electron chi connectivity index (χ2n) is 7.12. The van der Waals surface area contributed by atoms with Crippen LogP contribution in [-0.2, 0) is 5.41 Å². The minimum Gasteiger partial charge on any atom is -0.236 e. The van der Waals surface area contributed by atoms with E-state index in [1.165, 1.54) is 27.1 Å². The van der Waals surface area contributed by atoms with Gasteiger partial charge in [0.2, 0.25) is 0 Å². The van der Waals surface area contributed by atoms with E-state index in [1.807, 2.05) is 0 Å². The first-order valence-corrected chi connectivity index (χ1v) is 8.81. The molecule has 2 heteroatoms. The molecule has 0 saturated carbocycles. The van der Waals surface area contributed by atoms with E-state index in [0.29, 0.717) is 0 Å². The Balaban J connectivity index is 1.96. The first-order chi connectivity index (χ1) is 10.8. The molecule has 1 nitrogen and oxygen atoms in total. The van der Waals surface area contributed by atoms with Crippen molar-refractivity contribution in [2.75, 3.05) is 0 Å². The Bertz CT molecular complexity index is 803. The molecule has 0 aliphatic carbocycles. The molecule has 3 aromatic rings. The summed E-state index contributed by atoms with van der Waals surface area (Å²) in [4.78, 5) is 6.16. The van der Waals surface area contributed by atoms with Gasteiger partial charge < -0.3 is 0 Å². The maximum absolute atomic E-state index is 4.89. The fourth-order valence-electron chi connectivity index (χ4n) is 2.61. The fourth-order valence-corrected chi connectivity index (χ4v) is 3.55. The molecule has 0 radical (unpaired) electrons. The van der Waals surface area contributed by atoms with Crippen LogP contribution >= 0.6 is 11.3 Å². The molecule has 118 valence electrons. The summed E-state index contributed by atoms with van der Waals surface area (Å²) in [5.74, 6) is 0. The smallest absolute Gasteiger partial charge is 0.124 e. The first kappa shape index (κ1) is 15.9. The summed E-state index contributed by atoms with van der Waals surface area (Å²) in [6, 6.07) is 17.4. The predicted molar refractivity (Wildman–Crippen MR) is 101 cm³/mol. The lowest BCUT2D eigenvalue weighted by Crippen LogP contribution is -2.10. The molecule has 0 unspecified atom stereocenters. The molecule has 2 aromatic carbocycles. The van der Waals surface area contributed by atoms with Crippen LogP contribution in [0.3, 0.4) is 0 Å². The Morgan fingerprint density at radius 3 is 1.91 bits per heavy atom. The molecular weight excluding hydrogens is 298 g/mol. The van der Waals surface area contributed by atoms with Gasteiger partial charge in [0.1, 0.15) is 5.01 Å². The molecule has 1 aromatic heterocycles. The fraction of sp³-hybridized carbons (Fsp3) is 0.286. The van der Waals surface area contributed by atoms with Crippen LogP contribution in [0.15, 0.2) is 48.5 Å². The Kier molecular flexibility index (Phi) is 4.11. The molecule has 0 N–H and O–H groups in total. The predicted octanol–water partition coefficient (Wildman–Crippen LogP) is 6.39. The van der Waals surface area contributed by atoms with E-state index in [4.69, 9.17) is 4.98 Å². The van der Waals surface area contributed by atoms with Crippen molar-refractivity contribution in [3.05, 3.63) is 64.5 Å². The number of hydrogen-bond donors (Lipinski definition) is 0. The average Bonchev–Trinajstić information content (AvgIpc) is 2.89. The second kappa shape index (κ2) is 5.93. The van der Waals surface area contributed by atoms with Crippen molar-refractivity contribution in [3.63, 3.8) is 0 Å². The number of nitrogens with zero attached hydrogens (tertiary/aromatic N) is 1. The Hall–Kier alpha value is -1.93. The van der Waals surface area contributed by atoms with E-state index in [1.54, 1.807) is 11.3 Å². The van der Waals surface area contributed by atoms with Crippen molar-refractivity contribution in [2.45, 2.75) is 40.0 Å². The Morgan fingerprint density at radius 2 is 1.35 bits per heavy atom. The lowest BCUT2D eigenvalue weighted by atomic mass is 9.86. The quantitative estimate of drug-likeness (QED) is 0.533. The number of thiazole rings is 1. The lowest BCUT2D eigenvalue weighted by molar-refractivity contribution is 0.590. The highest BCUT2D eigenvalue weighted by Gasteiger charge is 2.15. The molecule has 0 atom stereocenters. The SMILES string of the molecule is Cc1ccc(-c2nc(-c3ccc(C(C)(C)C)cc3)c(C)s2)cc1. The van der Waals surface area contributed by atoms with Crippen molar-refractivity contribution in [2.24, 2.45) is 0 Å². The normalized spacial score (nSPS) is 11.7. The maximum atomic E-state index is 4.89. The van der Waals surface area contributed by atoms with Crippen molar-refractivity contribution in [1.82, 2.24) is 4.98 Å². The Labute approximate surface area is 143 Å². The van der Waals surface area contributed by atoms with Crippen LogP contribution in [-0.4, -0.2) is 4.98 Å². The number of aryl methyl sites for hydroxylation is 2. The van der Waals surface area contributed by atoms with Crippen molar-refractivity contribution >= 4 is 11.3 Å². The van der Waals surface area contributed by atoms with Gasteiger partial charge in [0.25, 0.3) is 0 Å². The zero-order valence-corrected chi connectivity index (χ0v) is 15.3. The van der Waals surface area contributed by atoms with E-state index < -0.39 is 0 Å². The molecule has 0 fully saturated rings. The van der Waals surface area contributed by atoms with Crippen LogP contribution in [0.5, 0.6) is 0 Å². The van der Waals surface area contributed by atoms with E-state index in [0.717, 1.165) is 10.7 Å². The van der Waals surface area contributed by atoms with Gasteiger partial charge in [0, 0.05) is 16.0 Å². The first-order valence-electron chi connectivity index (χ1n) is 8.00. The largest absolute Gasteiger partial charge is 0.236 e. The topological polar surface area (TPSA) is 12.9 Å². The van der Waals surface area contributed by atoms with Crippen molar-refractivity contribution < 1.29 is 0 Å². The van der Waals surface area contributed by atoms with Gasteiger partial charge in [-0.05, 0) is 24.8 Å². The zero-order chi connectivity index (χ0) is 16.6. The molecule has 0 spiro atoms. The van der Waals surface area contributed by atoms with E-state index >= 15 is 0 Å². The van der Waals surface area contributed by atoms with Gasteiger partial charge in [0.15, 0.2) is 0 Å². The van der Waals surface area contributed by atoms with Crippen molar-refractivity contribution in [3.8, 4) is 21.8 Å². The third-order valence-corrected chi connectivity index (χ3v) is 5.14. The van der Waals surface area contributed by atoms with Crippen LogP contribution in [0, 0.1) is 13.8 Å². The molecule has 0 amide bonds. The van der Waals surface area contributed by atoms with Gasteiger partial charge >= 0.3 is 0 Å². The average molecular weight is 321 g/mol. The van der Waals surface area contributed by atoms with E-state index in [-0.39, 0.29) is 5.41 Å². The van der Waals surface area contributed by atoms with Crippen LogP contribution in [0.25, 0.3) is 21.8 Å². The molecule has 0 saturated heterocycles. The highest BCUT2D eigenvalue weighted by molar-refractivity contribution is 7.15. The molecule has 23 heavy (non-hydrogen) atoms. The highest BCUT2D eigenvalue weighted by atomic mass is 32.1.